The third kappa shape index (κ3) is 5.99. The lowest BCUT2D eigenvalue weighted by Gasteiger charge is -2.17. The van der Waals surface area contributed by atoms with Gasteiger partial charge in [-0.25, -0.2) is 4.68 Å². The minimum Gasteiger partial charge on any atom is -0.435 e. The van der Waals surface area contributed by atoms with Gasteiger partial charge >= 0.3 is 6.61 Å². The summed E-state index contributed by atoms with van der Waals surface area (Å²) in [7, 11) is 1.64. The zero-order chi connectivity index (χ0) is 22.5. The molecular formula is C19H17Cl2F2N5O2S. The lowest BCUT2D eigenvalue weighted by Crippen LogP contribution is -2.28. The monoisotopic (exact) mass is 487 g/mol. The summed E-state index contributed by atoms with van der Waals surface area (Å²) in [5.41, 5.74) is 1.29. The number of nitrogen functional groups attached to an aromatic ring is 1. The van der Waals surface area contributed by atoms with Crippen molar-refractivity contribution < 1.29 is 18.3 Å². The molecule has 0 radical (unpaired) electrons. The molecule has 0 saturated carbocycles. The van der Waals surface area contributed by atoms with Crippen LogP contribution in [0.3, 0.4) is 0 Å². The highest BCUT2D eigenvalue weighted by atomic mass is 35.5. The van der Waals surface area contributed by atoms with Gasteiger partial charge < -0.3 is 15.5 Å². The van der Waals surface area contributed by atoms with Crippen LogP contribution in [0.15, 0.2) is 47.6 Å². The van der Waals surface area contributed by atoms with Gasteiger partial charge in [-0.2, -0.15) is 8.78 Å². The lowest BCUT2D eigenvalue weighted by atomic mass is 10.2. The standard InChI is InChI=1S/C19H17Cl2F2N5O2S/c1-27(9-11-2-5-13(6-3-11)30-18(22)23)16(29)10-31-19-26-25-17(28(19)24)14-8-12(20)4-7-15(14)21/h2-8,18H,9-10,24H2,1H3. The molecule has 31 heavy (non-hydrogen) atoms. The molecule has 1 amide bonds. The molecule has 3 aromatic rings. The number of benzene rings is 2. The molecular weight excluding hydrogens is 471 g/mol. The molecule has 1 aromatic heterocycles. The normalized spacial score (nSPS) is 11.0. The van der Waals surface area contributed by atoms with Crippen molar-refractivity contribution in [1.29, 1.82) is 0 Å². The zero-order valence-electron chi connectivity index (χ0n) is 16.1. The van der Waals surface area contributed by atoms with E-state index in [0.717, 1.165) is 17.3 Å². The minimum atomic E-state index is -2.88. The van der Waals surface area contributed by atoms with E-state index in [1.54, 1.807) is 37.4 Å². The first kappa shape index (κ1) is 23.1. The van der Waals surface area contributed by atoms with E-state index in [1.165, 1.54) is 21.7 Å². The van der Waals surface area contributed by atoms with Crippen LogP contribution in [0.25, 0.3) is 11.4 Å². The van der Waals surface area contributed by atoms with E-state index in [9.17, 15) is 13.6 Å². The van der Waals surface area contributed by atoms with Gasteiger partial charge in [0, 0.05) is 24.2 Å². The summed E-state index contributed by atoms with van der Waals surface area (Å²) in [6.07, 6.45) is 0. The van der Waals surface area contributed by atoms with E-state index in [1.807, 2.05) is 0 Å². The summed E-state index contributed by atoms with van der Waals surface area (Å²) in [6, 6.07) is 11.0. The number of hydrogen-bond donors (Lipinski definition) is 1. The maximum absolute atomic E-state index is 12.5. The predicted octanol–water partition coefficient (Wildman–Crippen LogP) is 4.32. The summed E-state index contributed by atoms with van der Waals surface area (Å²) >= 11 is 13.3. The van der Waals surface area contributed by atoms with Crippen molar-refractivity contribution in [3.05, 3.63) is 58.1 Å². The fraction of sp³-hybridized carbons (Fsp3) is 0.211. The quantitative estimate of drug-likeness (QED) is 0.376. The summed E-state index contributed by atoms with van der Waals surface area (Å²) in [6.45, 7) is -2.58. The summed E-state index contributed by atoms with van der Waals surface area (Å²) < 4.78 is 30.0. The van der Waals surface area contributed by atoms with E-state index in [-0.39, 0.29) is 17.4 Å². The van der Waals surface area contributed by atoms with Gasteiger partial charge in [0.15, 0.2) is 5.82 Å². The van der Waals surface area contributed by atoms with Crippen molar-refractivity contribution in [2.24, 2.45) is 0 Å². The fourth-order valence-electron chi connectivity index (χ4n) is 2.60. The highest BCUT2D eigenvalue weighted by molar-refractivity contribution is 7.99. The number of rotatable bonds is 8. The molecule has 2 N–H and O–H groups in total. The Labute approximate surface area is 191 Å². The number of alkyl halides is 2. The molecule has 164 valence electrons. The third-order valence-corrected chi connectivity index (χ3v) is 5.65. The number of carbonyl (C=O) groups excluding carboxylic acids is 1. The summed E-state index contributed by atoms with van der Waals surface area (Å²) in [5, 5.41) is 9.28. The van der Waals surface area contributed by atoms with Gasteiger partial charge in [0.2, 0.25) is 11.1 Å². The molecule has 0 aliphatic rings. The summed E-state index contributed by atoms with van der Waals surface area (Å²) in [4.78, 5) is 14.0. The second-order valence-electron chi connectivity index (χ2n) is 6.36. The molecule has 0 aliphatic carbocycles. The number of ether oxygens (including phenoxy) is 1. The first-order chi connectivity index (χ1) is 14.7. The van der Waals surface area contributed by atoms with E-state index in [2.05, 4.69) is 14.9 Å². The molecule has 12 heteroatoms. The van der Waals surface area contributed by atoms with E-state index < -0.39 is 6.61 Å². The van der Waals surface area contributed by atoms with Crippen LogP contribution in [0.4, 0.5) is 8.78 Å². The highest BCUT2D eigenvalue weighted by Crippen LogP contribution is 2.30. The second kappa shape index (κ2) is 10.2. The molecule has 0 atom stereocenters. The third-order valence-electron chi connectivity index (χ3n) is 4.15. The van der Waals surface area contributed by atoms with Gasteiger partial charge in [0.05, 0.1) is 10.8 Å². The lowest BCUT2D eigenvalue weighted by molar-refractivity contribution is -0.127. The first-order valence-electron chi connectivity index (χ1n) is 8.81. The molecule has 1 heterocycles. The van der Waals surface area contributed by atoms with Crippen molar-refractivity contribution >= 4 is 40.9 Å². The van der Waals surface area contributed by atoms with Crippen LogP contribution in [-0.4, -0.2) is 45.1 Å². The summed E-state index contributed by atoms with van der Waals surface area (Å²) in [5.74, 6) is 6.34. The van der Waals surface area contributed by atoms with Gasteiger partial charge in [-0.15, -0.1) is 10.2 Å². The van der Waals surface area contributed by atoms with Crippen molar-refractivity contribution in [3.63, 3.8) is 0 Å². The average Bonchev–Trinajstić information content (AvgIpc) is 3.09. The number of aromatic nitrogens is 3. The van der Waals surface area contributed by atoms with Crippen molar-refractivity contribution in [3.8, 4) is 17.1 Å². The number of amides is 1. The number of nitrogens with two attached hydrogens (primary N) is 1. The molecule has 0 unspecified atom stereocenters. The number of hydrogen-bond acceptors (Lipinski definition) is 6. The number of carbonyl (C=O) groups is 1. The molecule has 7 nitrogen and oxygen atoms in total. The minimum absolute atomic E-state index is 0.0566. The predicted molar refractivity (Wildman–Crippen MR) is 116 cm³/mol. The van der Waals surface area contributed by atoms with Crippen LogP contribution in [0.1, 0.15) is 5.56 Å². The SMILES string of the molecule is CN(Cc1ccc(OC(F)F)cc1)C(=O)CSc1nnc(-c2cc(Cl)ccc2Cl)n1N. The van der Waals surface area contributed by atoms with Crippen LogP contribution >= 0.6 is 35.0 Å². The fourth-order valence-corrected chi connectivity index (χ4v) is 3.77. The Morgan fingerprint density at radius 3 is 2.61 bits per heavy atom. The zero-order valence-corrected chi connectivity index (χ0v) is 18.5. The Morgan fingerprint density at radius 2 is 1.94 bits per heavy atom. The van der Waals surface area contributed by atoms with Crippen LogP contribution in [0, 0.1) is 0 Å². The van der Waals surface area contributed by atoms with Gasteiger partial charge in [0.25, 0.3) is 0 Å². The van der Waals surface area contributed by atoms with E-state index in [0.29, 0.717) is 33.1 Å². The average molecular weight is 488 g/mol. The Hall–Kier alpha value is -2.56. The number of halogens is 4. The molecule has 0 saturated heterocycles. The topological polar surface area (TPSA) is 86.3 Å². The highest BCUT2D eigenvalue weighted by Gasteiger charge is 2.18. The largest absolute Gasteiger partial charge is 0.435 e. The van der Waals surface area contributed by atoms with E-state index >= 15 is 0 Å². The van der Waals surface area contributed by atoms with E-state index in [4.69, 9.17) is 29.0 Å². The van der Waals surface area contributed by atoms with Crippen LogP contribution in [0.5, 0.6) is 5.75 Å². The maximum atomic E-state index is 12.5. The Morgan fingerprint density at radius 1 is 1.23 bits per heavy atom. The maximum Gasteiger partial charge on any atom is 0.387 e. The van der Waals surface area contributed by atoms with Gasteiger partial charge in [0.1, 0.15) is 5.75 Å². The van der Waals surface area contributed by atoms with Gasteiger partial charge in [-0.1, -0.05) is 47.1 Å². The Bertz CT molecular complexity index is 1070. The Kier molecular flexibility index (Phi) is 7.58. The molecule has 0 fully saturated rings. The second-order valence-corrected chi connectivity index (χ2v) is 8.15. The molecule has 0 aliphatic heterocycles. The molecule has 3 rings (SSSR count). The van der Waals surface area contributed by atoms with Crippen molar-refractivity contribution in [2.75, 3.05) is 18.6 Å². The van der Waals surface area contributed by atoms with Crippen LogP contribution in [-0.2, 0) is 11.3 Å². The van der Waals surface area contributed by atoms with Crippen LogP contribution < -0.4 is 10.6 Å². The smallest absolute Gasteiger partial charge is 0.387 e. The van der Waals surface area contributed by atoms with Crippen LogP contribution in [0.2, 0.25) is 10.0 Å². The van der Waals surface area contributed by atoms with Crippen molar-refractivity contribution in [2.45, 2.75) is 18.3 Å². The van der Waals surface area contributed by atoms with Crippen molar-refractivity contribution in [1.82, 2.24) is 19.8 Å². The first-order valence-corrected chi connectivity index (χ1v) is 10.5. The number of nitrogens with zero attached hydrogens (tertiary/aromatic N) is 4. The molecule has 0 bridgehead atoms. The Balaban J connectivity index is 1.59. The number of thioether (sulfide) groups is 1. The van der Waals surface area contributed by atoms with Gasteiger partial charge in [-0.05, 0) is 35.9 Å². The molecule has 2 aromatic carbocycles. The molecule has 0 spiro atoms. The van der Waals surface area contributed by atoms with Gasteiger partial charge in [-0.3, -0.25) is 4.79 Å².